The number of rotatable bonds is 2. The molecule has 0 spiro atoms. The van der Waals surface area contributed by atoms with E-state index < -0.39 is 0 Å². The van der Waals surface area contributed by atoms with Crippen molar-refractivity contribution in [2.24, 2.45) is 7.05 Å². The Balaban J connectivity index is 1.83. The first-order chi connectivity index (χ1) is 14.0. The molecule has 1 aliphatic rings. The average Bonchev–Trinajstić information content (AvgIpc) is 3.16. The van der Waals surface area contributed by atoms with E-state index in [2.05, 4.69) is 36.7 Å². The van der Waals surface area contributed by atoms with Gasteiger partial charge in [-0.1, -0.05) is 36.4 Å². The first-order valence-electron chi connectivity index (χ1n) is 10.3. The van der Waals surface area contributed by atoms with Gasteiger partial charge in [-0.15, -0.1) is 0 Å². The zero-order valence-electron chi connectivity index (χ0n) is 17.2. The fraction of sp³-hybridized carbons (Fsp3) is 0.222. The van der Waals surface area contributed by atoms with Gasteiger partial charge >= 0.3 is 0 Å². The number of pyridine rings is 1. The molecule has 0 N–H and O–H groups in total. The Morgan fingerprint density at radius 3 is 2.31 bits per heavy atom. The molecule has 0 bridgehead atoms. The van der Waals surface area contributed by atoms with Crippen molar-refractivity contribution in [3.05, 3.63) is 88.9 Å². The molecule has 144 valence electrons. The average molecular weight is 383 g/mol. The van der Waals surface area contributed by atoms with Crippen LogP contribution in [0.1, 0.15) is 28.8 Å². The second kappa shape index (κ2) is 6.81. The monoisotopic (exact) mass is 382 g/mol. The lowest BCUT2D eigenvalue weighted by Crippen LogP contribution is -2.35. The Hall–Kier alpha value is -3.00. The Bertz CT molecular complexity index is 1260. The maximum atomic E-state index is 14.9. The maximum Gasteiger partial charge on any atom is 0.220 e. The lowest BCUT2D eigenvalue weighted by molar-refractivity contribution is -0.665. The van der Waals surface area contributed by atoms with Gasteiger partial charge in [0, 0.05) is 18.6 Å². The van der Waals surface area contributed by atoms with Crippen LogP contribution in [0.2, 0.25) is 0 Å². The van der Waals surface area contributed by atoms with Crippen LogP contribution in [0.4, 0.5) is 4.39 Å². The summed E-state index contributed by atoms with van der Waals surface area (Å²) in [4.78, 5) is 0. The lowest BCUT2D eigenvalue weighted by atomic mass is 9.93. The molecule has 3 aromatic carbocycles. The molecule has 1 aliphatic carbocycles. The zero-order valence-corrected chi connectivity index (χ0v) is 17.2. The molecule has 4 aromatic rings. The third-order valence-electron chi connectivity index (χ3n) is 6.40. The summed E-state index contributed by atoms with van der Waals surface area (Å²) in [5, 5.41) is 2.54. The standard InChI is InChI=1S/C27H25FN/c1-17-12-26(28)24(19-8-5-4-6-9-19)16-23(17)27-25-15-21-11-7-10-20(21)14-22(25)13-18(2)29(27)3/h4-6,8-9,12-16H,7,10-11H2,1-3H3/q+1. The molecule has 0 fully saturated rings. The van der Waals surface area contributed by atoms with Crippen molar-refractivity contribution >= 4 is 10.8 Å². The molecule has 0 amide bonds. The molecule has 0 saturated heterocycles. The van der Waals surface area contributed by atoms with Crippen molar-refractivity contribution in [2.75, 3.05) is 0 Å². The second-order valence-electron chi connectivity index (χ2n) is 8.27. The fourth-order valence-electron chi connectivity index (χ4n) is 4.74. The minimum atomic E-state index is -0.169. The Labute approximate surface area is 171 Å². The van der Waals surface area contributed by atoms with E-state index in [1.165, 1.54) is 46.1 Å². The van der Waals surface area contributed by atoms with Gasteiger partial charge < -0.3 is 0 Å². The highest BCUT2D eigenvalue weighted by Crippen LogP contribution is 2.36. The Kier molecular flexibility index (Phi) is 4.24. The van der Waals surface area contributed by atoms with Crippen LogP contribution in [0.15, 0.2) is 60.7 Å². The van der Waals surface area contributed by atoms with Crippen LogP contribution >= 0.6 is 0 Å². The molecule has 0 radical (unpaired) electrons. The van der Waals surface area contributed by atoms with Gasteiger partial charge in [-0.3, -0.25) is 0 Å². The van der Waals surface area contributed by atoms with Crippen LogP contribution in [0, 0.1) is 19.7 Å². The summed E-state index contributed by atoms with van der Waals surface area (Å²) < 4.78 is 17.1. The molecule has 2 heteroatoms. The molecule has 0 unspecified atom stereocenters. The third-order valence-corrected chi connectivity index (χ3v) is 6.40. The van der Waals surface area contributed by atoms with Crippen LogP contribution in [0.25, 0.3) is 33.2 Å². The largest absolute Gasteiger partial charge is 0.220 e. The number of fused-ring (bicyclic) bond motifs is 2. The van der Waals surface area contributed by atoms with Crippen LogP contribution < -0.4 is 4.57 Å². The van der Waals surface area contributed by atoms with Gasteiger partial charge in [-0.2, -0.15) is 4.57 Å². The quantitative estimate of drug-likeness (QED) is 0.361. The maximum absolute atomic E-state index is 14.9. The smallest absolute Gasteiger partial charge is 0.206 e. The molecule has 1 heterocycles. The van der Waals surface area contributed by atoms with E-state index in [4.69, 9.17) is 0 Å². The van der Waals surface area contributed by atoms with Gasteiger partial charge in [0.1, 0.15) is 12.9 Å². The first-order valence-corrected chi connectivity index (χ1v) is 10.3. The third kappa shape index (κ3) is 2.95. The van der Waals surface area contributed by atoms with Crippen molar-refractivity contribution in [1.82, 2.24) is 0 Å². The minimum absolute atomic E-state index is 0.169. The summed E-state index contributed by atoms with van der Waals surface area (Å²) in [5.74, 6) is -0.169. The van der Waals surface area contributed by atoms with Gasteiger partial charge in [0.2, 0.25) is 5.69 Å². The highest BCUT2D eigenvalue weighted by atomic mass is 19.1. The number of hydrogen-bond donors (Lipinski definition) is 0. The van der Waals surface area contributed by atoms with Gasteiger partial charge in [0.25, 0.3) is 0 Å². The van der Waals surface area contributed by atoms with E-state index in [0.29, 0.717) is 5.56 Å². The highest BCUT2D eigenvalue weighted by Gasteiger charge is 2.23. The predicted octanol–water partition coefficient (Wildman–Crippen LogP) is 6.24. The number of hydrogen-bond acceptors (Lipinski definition) is 0. The van der Waals surface area contributed by atoms with E-state index in [1.807, 2.05) is 43.3 Å². The van der Waals surface area contributed by atoms with Gasteiger partial charge in [0.05, 0.1) is 10.9 Å². The summed E-state index contributed by atoms with van der Waals surface area (Å²) in [6.45, 7) is 4.15. The summed E-state index contributed by atoms with van der Waals surface area (Å²) in [7, 11) is 2.11. The fourth-order valence-corrected chi connectivity index (χ4v) is 4.74. The molecular formula is C27H25FN+. The van der Waals surface area contributed by atoms with E-state index >= 15 is 0 Å². The predicted molar refractivity (Wildman–Crippen MR) is 117 cm³/mol. The van der Waals surface area contributed by atoms with E-state index in [-0.39, 0.29) is 5.82 Å². The Morgan fingerprint density at radius 1 is 0.828 bits per heavy atom. The molecular weight excluding hydrogens is 357 g/mol. The van der Waals surface area contributed by atoms with Crippen molar-refractivity contribution < 1.29 is 8.96 Å². The molecule has 0 atom stereocenters. The number of benzene rings is 3. The summed E-state index contributed by atoms with van der Waals surface area (Å²) in [6, 6.07) is 20.5. The van der Waals surface area contributed by atoms with Crippen molar-refractivity contribution in [3.63, 3.8) is 0 Å². The van der Waals surface area contributed by atoms with E-state index in [1.54, 1.807) is 6.07 Å². The van der Waals surface area contributed by atoms with Crippen molar-refractivity contribution in [1.29, 1.82) is 0 Å². The lowest BCUT2D eigenvalue weighted by Gasteiger charge is -2.14. The number of halogens is 1. The van der Waals surface area contributed by atoms with Crippen LogP contribution in [0.5, 0.6) is 0 Å². The molecule has 1 aromatic heterocycles. The van der Waals surface area contributed by atoms with E-state index in [9.17, 15) is 4.39 Å². The highest BCUT2D eigenvalue weighted by molar-refractivity contribution is 5.95. The molecule has 5 rings (SSSR count). The molecule has 29 heavy (non-hydrogen) atoms. The molecule has 0 aliphatic heterocycles. The van der Waals surface area contributed by atoms with Crippen LogP contribution in [-0.2, 0) is 19.9 Å². The van der Waals surface area contributed by atoms with Gasteiger partial charge in [-0.05, 0) is 72.0 Å². The normalized spacial score (nSPS) is 13.1. The van der Waals surface area contributed by atoms with Gasteiger partial charge in [0.15, 0.2) is 5.69 Å². The summed E-state index contributed by atoms with van der Waals surface area (Å²) in [6.07, 6.45) is 3.56. The second-order valence-corrected chi connectivity index (χ2v) is 8.27. The summed E-state index contributed by atoms with van der Waals surface area (Å²) >= 11 is 0. The van der Waals surface area contributed by atoms with Crippen molar-refractivity contribution in [3.8, 4) is 22.4 Å². The zero-order chi connectivity index (χ0) is 20.1. The Morgan fingerprint density at radius 2 is 1.55 bits per heavy atom. The SMILES string of the molecule is Cc1cc(F)c(-c2ccccc2)cc1-c1c2cc3c(cc2cc(C)[n+]1C)CCC3. The number of nitrogens with zero attached hydrogens (tertiary/aromatic N) is 1. The van der Waals surface area contributed by atoms with Crippen LogP contribution in [-0.4, -0.2) is 0 Å². The first kappa shape index (κ1) is 18.1. The molecule has 1 nitrogen and oxygen atoms in total. The molecule has 0 saturated carbocycles. The topological polar surface area (TPSA) is 3.88 Å². The number of aromatic nitrogens is 1. The van der Waals surface area contributed by atoms with Crippen molar-refractivity contribution in [2.45, 2.75) is 33.1 Å². The van der Waals surface area contributed by atoms with Gasteiger partial charge in [-0.25, -0.2) is 4.39 Å². The minimum Gasteiger partial charge on any atom is -0.206 e. The number of aryl methyl sites for hydroxylation is 4. The van der Waals surface area contributed by atoms with Crippen LogP contribution in [0.3, 0.4) is 0 Å². The van der Waals surface area contributed by atoms with E-state index in [0.717, 1.165) is 23.1 Å². The summed E-state index contributed by atoms with van der Waals surface area (Å²) in [5.41, 5.74) is 8.95.